The molecular weight excluding hydrogens is 206 g/mol. The maximum absolute atomic E-state index is 11.1. The highest BCUT2D eigenvalue weighted by Crippen LogP contribution is 2.39. The molecule has 0 spiro atoms. The first-order valence-electron chi connectivity index (χ1n) is 5.23. The van der Waals surface area contributed by atoms with E-state index in [1.54, 1.807) is 18.3 Å². The molecule has 0 radical (unpaired) electrons. The van der Waals surface area contributed by atoms with Gasteiger partial charge < -0.3 is 14.8 Å². The van der Waals surface area contributed by atoms with E-state index in [0.29, 0.717) is 17.0 Å². The van der Waals surface area contributed by atoms with Crippen molar-refractivity contribution in [3.05, 3.63) is 30.0 Å². The molecule has 1 aromatic carbocycles. The fraction of sp³-hybridized carbons (Fsp3) is 0.250. The van der Waals surface area contributed by atoms with Gasteiger partial charge in [0.25, 0.3) is 0 Å². The van der Waals surface area contributed by atoms with Crippen molar-refractivity contribution < 1.29 is 15.0 Å². The second-order valence-electron chi connectivity index (χ2n) is 4.19. The standard InChI is InChI=1S/C12H11NO3/c14-8-3-4-9-10(12(15)16)6-13(7-1-2-7)11(9)5-8/h3-7,14H,1-2H2,(H,15,16). The van der Waals surface area contributed by atoms with Crippen molar-refractivity contribution in [2.24, 2.45) is 0 Å². The molecule has 4 heteroatoms. The van der Waals surface area contributed by atoms with Gasteiger partial charge in [-0.25, -0.2) is 4.79 Å². The third-order valence-corrected chi connectivity index (χ3v) is 2.99. The smallest absolute Gasteiger partial charge is 0.337 e. The molecule has 1 aliphatic rings. The topological polar surface area (TPSA) is 62.5 Å². The number of phenols is 1. The molecule has 0 aliphatic heterocycles. The van der Waals surface area contributed by atoms with E-state index in [1.165, 1.54) is 6.07 Å². The summed E-state index contributed by atoms with van der Waals surface area (Å²) in [5.74, 6) is -0.750. The molecule has 0 bridgehead atoms. The van der Waals surface area contributed by atoms with Gasteiger partial charge in [-0.3, -0.25) is 0 Å². The second-order valence-corrected chi connectivity index (χ2v) is 4.19. The number of carboxylic acid groups (broad SMARTS) is 1. The lowest BCUT2D eigenvalue weighted by Crippen LogP contribution is -1.94. The van der Waals surface area contributed by atoms with Crippen molar-refractivity contribution >= 4 is 16.9 Å². The van der Waals surface area contributed by atoms with E-state index in [-0.39, 0.29) is 5.75 Å². The van der Waals surface area contributed by atoms with Crippen molar-refractivity contribution in [2.75, 3.05) is 0 Å². The molecule has 1 heterocycles. The number of aromatic nitrogens is 1. The van der Waals surface area contributed by atoms with E-state index >= 15 is 0 Å². The van der Waals surface area contributed by atoms with Crippen LogP contribution in [0, 0.1) is 0 Å². The average Bonchev–Trinajstić information content (AvgIpc) is 3.00. The van der Waals surface area contributed by atoms with Gasteiger partial charge in [0, 0.05) is 23.7 Å². The summed E-state index contributed by atoms with van der Waals surface area (Å²) in [6.45, 7) is 0. The van der Waals surface area contributed by atoms with Gasteiger partial charge in [-0.15, -0.1) is 0 Å². The first kappa shape index (κ1) is 9.27. The Morgan fingerprint density at radius 1 is 1.38 bits per heavy atom. The normalized spacial score (nSPS) is 15.5. The Morgan fingerprint density at radius 3 is 2.75 bits per heavy atom. The molecule has 16 heavy (non-hydrogen) atoms. The molecule has 1 aromatic heterocycles. The van der Waals surface area contributed by atoms with Crippen LogP contribution in [0.4, 0.5) is 0 Å². The van der Waals surface area contributed by atoms with Crippen LogP contribution < -0.4 is 0 Å². The first-order valence-corrected chi connectivity index (χ1v) is 5.23. The van der Waals surface area contributed by atoms with Gasteiger partial charge in [0.05, 0.1) is 11.1 Å². The molecular formula is C12H11NO3. The number of carbonyl (C=O) groups is 1. The zero-order valence-electron chi connectivity index (χ0n) is 8.55. The zero-order chi connectivity index (χ0) is 11.3. The van der Waals surface area contributed by atoms with Crippen molar-refractivity contribution in [3.63, 3.8) is 0 Å². The number of benzene rings is 1. The number of hydrogen-bond donors (Lipinski definition) is 2. The van der Waals surface area contributed by atoms with Crippen LogP contribution in [0.2, 0.25) is 0 Å². The van der Waals surface area contributed by atoms with Crippen molar-refractivity contribution in [3.8, 4) is 5.75 Å². The Morgan fingerprint density at radius 2 is 2.12 bits per heavy atom. The highest BCUT2D eigenvalue weighted by Gasteiger charge is 2.27. The minimum absolute atomic E-state index is 0.171. The largest absolute Gasteiger partial charge is 0.508 e. The second kappa shape index (κ2) is 3.01. The molecule has 1 aliphatic carbocycles. The zero-order valence-corrected chi connectivity index (χ0v) is 8.55. The molecule has 0 atom stereocenters. The minimum Gasteiger partial charge on any atom is -0.508 e. The summed E-state index contributed by atoms with van der Waals surface area (Å²) in [6, 6.07) is 5.21. The molecule has 1 saturated carbocycles. The third-order valence-electron chi connectivity index (χ3n) is 2.99. The van der Waals surface area contributed by atoms with E-state index in [1.807, 2.05) is 4.57 Å². The van der Waals surface area contributed by atoms with Gasteiger partial charge in [-0.2, -0.15) is 0 Å². The van der Waals surface area contributed by atoms with Gasteiger partial charge in [0.2, 0.25) is 0 Å². The fourth-order valence-corrected chi connectivity index (χ4v) is 2.06. The summed E-state index contributed by atoms with van der Waals surface area (Å²) in [7, 11) is 0. The monoisotopic (exact) mass is 217 g/mol. The van der Waals surface area contributed by atoms with Crippen LogP contribution in [0.15, 0.2) is 24.4 Å². The summed E-state index contributed by atoms with van der Waals surface area (Å²) in [6.07, 6.45) is 3.83. The average molecular weight is 217 g/mol. The Balaban J connectivity index is 2.32. The summed E-state index contributed by atoms with van der Waals surface area (Å²) in [5, 5.41) is 19.2. The van der Waals surface area contributed by atoms with E-state index in [4.69, 9.17) is 5.11 Å². The molecule has 2 aromatic rings. The van der Waals surface area contributed by atoms with E-state index in [9.17, 15) is 9.90 Å². The van der Waals surface area contributed by atoms with Crippen molar-refractivity contribution in [2.45, 2.75) is 18.9 Å². The number of rotatable bonds is 2. The van der Waals surface area contributed by atoms with Crippen LogP contribution in [0.5, 0.6) is 5.75 Å². The molecule has 4 nitrogen and oxygen atoms in total. The van der Waals surface area contributed by atoms with Gasteiger partial charge in [-0.1, -0.05) is 0 Å². The summed E-state index contributed by atoms with van der Waals surface area (Å²) >= 11 is 0. The predicted octanol–water partition coefficient (Wildman–Crippen LogP) is 2.38. The lowest BCUT2D eigenvalue weighted by atomic mass is 10.2. The number of fused-ring (bicyclic) bond motifs is 1. The molecule has 1 fully saturated rings. The van der Waals surface area contributed by atoms with E-state index < -0.39 is 5.97 Å². The number of carboxylic acids is 1. The van der Waals surface area contributed by atoms with Crippen LogP contribution in [-0.2, 0) is 0 Å². The number of nitrogens with zero attached hydrogens (tertiary/aromatic N) is 1. The van der Waals surface area contributed by atoms with Gasteiger partial charge >= 0.3 is 5.97 Å². The number of hydrogen-bond acceptors (Lipinski definition) is 2. The maximum Gasteiger partial charge on any atom is 0.337 e. The summed E-state index contributed by atoms with van der Waals surface area (Å²) in [5.41, 5.74) is 1.11. The van der Waals surface area contributed by atoms with Crippen molar-refractivity contribution in [1.29, 1.82) is 0 Å². The minimum atomic E-state index is -0.921. The Kier molecular flexibility index (Phi) is 1.74. The van der Waals surface area contributed by atoms with Crippen LogP contribution >= 0.6 is 0 Å². The molecule has 0 unspecified atom stereocenters. The quantitative estimate of drug-likeness (QED) is 0.811. The lowest BCUT2D eigenvalue weighted by Gasteiger charge is -2.01. The SMILES string of the molecule is O=C(O)c1cn(C2CC2)c2cc(O)ccc12. The summed E-state index contributed by atoms with van der Waals surface area (Å²) < 4.78 is 1.96. The highest BCUT2D eigenvalue weighted by molar-refractivity contribution is 6.03. The fourth-order valence-electron chi connectivity index (χ4n) is 2.06. The van der Waals surface area contributed by atoms with Crippen LogP contribution in [-0.4, -0.2) is 20.7 Å². The molecule has 0 amide bonds. The molecule has 82 valence electrons. The number of aromatic hydroxyl groups is 1. The molecule has 2 N–H and O–H groups in total. The van der Waals surface area contributed by atoms with Crippen LogP contribution in [0.25, 0.3) is 10.9 Å². The Hall–Kier alpha value is -1.97. The van der Waals surface area contributed by atoms with Crippen molar-refractivity contribution in [1.82, 2.24) is 4.57 Å². The maximum atomic E-state index is 11.1. The van der Waals surface area contributed by atoms with E-state index in [0.717, 1.165) is 18.4 Å². The third kappa shape index (κ3) is 1.26. The first-order chi connectivity index (χ1) is 7.66. The molecule has 3 rings (SSSR count). The van der Waals surface area contributed by atoms with Gasteiger partial charge in [0.1, 0.15) is 5.75 Å². The van der Waals surface area contributed by atoms with E-state index in [2.05, 4.69) is 0 Å². The predicted molar refractivity (Wildman–Crippen MR) is 58.8 cm³/mol. The van der Waals surface area contributed by atoms with Gasteiger partial charge in [-0.05, 0) is 25.0 Å². The number of phenolic OH excluding ortho intramolecular Hbond substituents is 1. The number of aromatic carboxylic acids is 1. The van der Waals surface area contributed by atoms with Crippen LogP contribution in [0.3, 0.4) is 0 Å². The lowest BCUT2D eigenvalue weighted by molar-refractivity contribution is 0.0699. The molecule has 0 saturated heterocycles. The van der Waals surface area contributed by atoms with Crippen LogP contribution in [0.1, 0.15) is 29.2 Å². The highest BCUT2D eigenvalue weighted by atomic mass is 16.4. The van der Waals surface area contributed by atoms with Gasteiger partial charge in [0.15, 0.2) is 0 Å². The Bertz CT molecular complexity index is 581. The Labute approximate surface area is 91.7 Å². The summed E-state index contributed by atoms with van der Waals surface area (Å²) in [4.78, 5) is 11.1.